The normalized spacial score (nSPS) is 21.0. The van der Waals surface area contributed by atoms with Gasteiger partial charge >= 0.3 is 0 Å². The Morgan fingerprint density at radius 3 is 2.78 bits per heavy atom. The fraction of sp³-hybridized carbons (Fsp3) is 0.480. The van der Waals surface area contributed by atoms with Crippen molar-refractivity contribution in [3.63, 3.8) is 0 Å². The van der Waals surface area contributed by atoms with Crippen LogP contribution in [0.1, 0.15) is 30.1 Å². The SMILES string of the molecule is Cc1nc(N2CCN3CCOCC3C2)c2c3ccc(S(=O)(=O)NC4(C#N)CC4)cc3n(-c3nnc(C(F)F)s3)c2n1. The molecule has 1 atom stereocenters. The van der Waals surface area contributed by atoms with Gasteiger partial charge in [0.15, 0.2) is 10.7 Å². The van der Waals surface area contributed by atoms with E-state index in [0.29, 0.717) is 77.5 Å². The summed E-state index contributed by atoms with van der Waals surface area (Å²) in [6.07, 6.45) is -1.94. The van der Waals surface area contributed by atoms with Gasteiger partial charge < -0.3 is 9.64 Å². The first-order valence-electron chi connectivity index (χ1n) is 13.1. The topological polar surface area (TPSA) is 142 Å². The van der Waals surface area contributed by atoms with E-state index >= 15 is 0 Å². The molecule has 7 rings (SSSR count). The Hall–Kier alpha value is -3.36. The second-order valence-electron chi connectivity index (χ2n) is 10.5. The molecule has 4 aromatic rings. The van der Waals surface area contributed by atoms with Gasteiger partial charge in [-0.3, -0.25) is 9.47 Å². The number of benzene rings is 1. The molecule has 0 amide bonds. The van der Waals surface area contributed by atoms with Crippen molar-refractivity contribution in [2.45, 2.75) is 42.7 Å². The maximum Gasteiger partial charge on any atom is 0.291 e. The van der Waals surface area contributed by atoms with E-state index in [1.807, 2.05) is 6.07 Å². The number of fused-ring (bicyclic) bond motifs is 4. The van der Waals surface area contributed by atoms with E-state index in [0.717, 1.165) is 19.6 Å². The van der Waals surface area contributed by atoms with Gasteiger partial charge in [0.2, 0.25) is 15.2 Å². The lowest BCUT2D eigenvalue weighted by Crippen LogP contribution is -2.58. The number of rotatable bonds is 6. The van der Waals surface area contributed by atoms with Crippen molar-refractivity contribution in [2.24, 2.45) is 0 Å². The molecule has 5 heterocycles. The molecule has 0 spiro atoms. The number of aromatic nitrogens is 5. The summed E-state index contributed by atoms with van der Waals surface area (Å²) < 4.78 is 63.4. The van der Waals surface area contributed by atoms with Crippen molar-refractivity contribution in [1.29, 1.82) is 5.26 Å². The van der Waals surface area contributed by atoms with Gasteiger partial charge in [-0.15, -0.1) is 10.2 Å². The Kier molecular flexibility index (Phi) is 6.21. The number of hydrogen-bond acceptors (Lipinski definition) is 11. The third-order valence-corrected chi connectivity index (χ3v) is 10.3. The van der Waals surface area contributed by atoms with Gasteiger partial charge in [0.25, 0.3) is 6.43 Å². The van der Waals surface area contributed by atoms with Crippen LogP contribution >= 0.6 is 11.3 Å². The summed E-state index contributed by atoms with van der Waals surface area (Å²) in [7, 11) is -4.06. The summed E-state index contributed by atoms with van der Waals surface area (Å²) in [6.45, 7) is 6.18. The zero-order valence-corrected chi connectivity index (χ0v) is 23.6. The minimum absolute atomic E-state index is 0.0617. The second-order valence-corrected chi connectivity index (χ2v) is 13.2. The van der Waals surface area contributed by atoms with E-state index in [2.05, 4.69) is 29.7 Å². The third kappa shape index (κ3) is 4.52. The number of morpholine rings is 1. The van der Waals surface area contributed by atoms with Crippen LogP contribution in [-0.4, -0.2) is 89.0 Å². The van der Waals surface area contributed by atoms with Crippen LogP contribution in [0.4, 0.5) is 14.6 Å². The first-order valence-corrected chi connectivity index (χ1v) is 15.4. The summed E-state index contributed by atoms with van der Waals surface area (Å²) in [6, 6.07) is 6.85. The van der Waals surface area contributed by atoms with Crippen molar-refractivity contribution < 1.29 is 21.9 Å². The Morgan fingerprint density at radius 1 is 1.22 bits per heavy atom. The van der Waals surface area contributed by atoms with Gasteiger partial charge in [-0.1, -0.05) is 17.4 Å². The summed E-state index contributed by atoms with van der Waals surface area (Å²) >= 11 is 0.713. The molecule has 0 radical (unpaired) electrons. The summed E-state index contributed by atoms with van der Waals surface area (Å²) in [5.41, 5.74) is -0.283. The van der Waals surface area contributed by atoms with Crippen LogP contribution in [0.3, 0.4) is 0 Å². The lowest BCUT2D eigenvalue weighted by atomic mass is 10.1. The fourth-order valence-corrected chi connectivity index (χ4v) is 7.69. The number of ether oxygens (including phenoxy) is 1. The maximum atomic E-state index is 13.5. The van der Waals surface area contributed by atoms with Gasteiger partial charge in [0.1, 0.15) is 17.2 Å². The second kappa shape index (κ2) is 9.60. The van der Waals surface area contributed by atoms with E-state index in [1.54, 1.807) is 17.6 Å². The van der Waals surface area contributed by atoms with E-state index in [9.17, 15) is 22.5 Å². The van der Waals surface area contributed by atoms with Gasteiger partial charge in [-0.05, 0) is 31.9 Å². The Balaban J connectivity index is 1.43. The monoisotopic (exact) mass is 601 g/mol. The largest absolute Gasteiger partial charge is 0.378 e. The van der Waals surface area contributed by atoms with Crippen LogP contribution in [-0.2, 0) is 14.8 Å². The number of sulfonamides is 1. The molecular weight excluding hydrogens is 576 g/mol. The van der Waals surface area contributed by atoms with Gasteiger partial charge in [0, 0.05) is 31.6 Å². The van der Waals surface area contributed by atoms with Crippen LogP contribution in [0.15, 0.2) is 23.1 Å². The maximum absolute atomic E-state index is 13.5. The number of alkyl halides is 2. The zero-order valence-electron chi connectivity index (χ0n) is 21.9. The molecule has 2 aliphatic heterocycles. The van der Waals surface area contributed by atoms with Crippen molar-refractivity contribution >= 4 is 49.1 Å². The minimum Gasteiger partial charge on any atom is -0.378 e. The van der Waals surface area contributed by atoms with Crippen LogP contribution in [0.25, 0.3) is 27.1 Å². The molecule has 16 heteroatoms. The Morgan fingerprint density at radius 2 is 2.05 bits per heavy atom. The molecule has 1 unspecified atom stereocenters. The number of nitrogens with zero attached hydrogens (tertiary/aromatic N) is 8. The van der Waals surface area contributed by atoms with Crippen molar-refractivity contribution in [3.05, 3.63) is 29.0 Å². The lowest BCUT2D eigenvalue weighted by Gasteiger charge is -2.44. The number of anilines is 1. The Bertz CT molecular complexity index is 1830. The first-order chi connectivity index (χ1) is 19.7. The quantitative estimate of drug-likeness (QED) is 0.350. The van der Waals surface area contributed by atoms with Crippen LogP contribution in [0.2, 0.25) is 0 Å². The highest BCUT2D eigenvalue weighted by Gasteiger charge is 2.47. The zero-order chi connectivity index (χ0) is 28.5. The van der Waals surface area contributed by atoms with Gasteiger partial charge in [-0.25, -0.2) is 27.2 Å². The fourth-order valence-electron chi connectivity index (χ4n) is 5.58. The molecule has 12 nitrogen and oxygen atoms in total. The lowest BCUT2D eigenvalue weighted by molar-refractivity contribution is -0.0117. The summed E-state index contributed by atoms with van der Waals surface area (Å²) in [5, 5.41) is 18.1. The molecule has 3 aromatic heterocycles. The molecule has 3 fully saturated rings. The van der Waals surface area contributed by atoms with Crippen molar-refractivity contribution in [3.8, 4) is 11.2 Å². The van der Waals surface area contributed by atoms with Crippen LogP contribution in [0.5, 0.6) is 0 Å². The molecule has 2 saturated heterocycles. The van der Waals surface area contributed by atoms with Crippen LogP contribution < -0.4 is 9.62 Å². The highest BCUT2D eigenvalue weighted by Crippen LogP contribution is 2.40. The highest BCUT2D eigenvalue weighted by molar-refractivity contribution is 7.89. The van der Waals surface area contributed by atoms with Crippen LogP contribution in [0, 0.1) is 18.3 Å². The summed E-state index contributed by atoms with van der Waals surface area (Å²) in [4.78, 5) is 14.0. The molecular formula is C25H25F2N9O3S2. The number of aryl methyl sites for hydroxylation is 1. The van der Waals surface area contributed by atoms with Gasteiger partial charge in [0.05, 0.1) is 41.1 Å². The minimum atomic E-state index is -4.06. The Labute approximate surface area is 237 Å². The number of hydrogen-bond donors (Lipinski definition) is 1. The summed E-state index contributed by atoms with van der Waals surface area (Å²) in [5.74, 6) is 1.15. The average Bonchev–Trinajstić information content (AvgIpc) is 3.40. The molecule has 1 aliphatic carbocycles. The molecule has 41 heavy (non-hydrogen) atoms. The van der Waals surface area contributed by atoms with E-state index in [4.69, 9.17) is 9.72 Å². The number of nitrogens with one attached hydrogen (secondary N) is 1. The predicted molar refractivity (Wildman–Crippen MR) is 146 cm³/mol. The van der Waals surface area contributed by atoms with Crippen molar-refractivity contribution in [2.75, 3.05) is 44.3 Å². The van der Waals surface area contributed by atoms with E-state index < -0.39 is 27.0 Å². The molecule has 0 bridgehead atoms. The van der Waals surface area contributed by atoms with E-state index in [-0.39, 0.29) is 16.1 Å². The smallest absolute Gasteiger partial charge is 0.291 e. The third-order valence-electron chi connectivity index (χ3n) is 7.82. The molecule has 1 aromatic carbocycles. The number of nitriles is 1. The standard InChI is InChI=1S/C25H25F2N9O3S2/c1-14-29-21(35-7-6-34-8-9-39-12-15(34)11-35)19-17-3-2-16(41(37,38)33-25(13-28)4-5-25)10-18(17)36(22(19)30-14)24-32-31-23(40-24)20(26)27/h2-3,10,15,20,33H,4-9,11-12H2,1H3. The number of piperazine rings is 1. The molecule has 3 aliphatic rings. The van der Waals surface area contributed by atoms with E-state index in [1.165, 1.54) is 12.1 Å². The highest BCUT2D eigenvalue weighted by atomic mass is 32.2. The average molecular weight is 602 g/mol. The molecule has 1 N–H and O–H groups in total. The predicted octanol–water partition coefficient (Wildman–Crippen LogP) is 2.53. The molecule has 1 saturated carbocycles. The molecule has 214 valence electrons. The first kappa shape index (κ1) is 26.5. The van der Waals surface area contributed by atoms with Crippen molar-refractivity contribution in [1.82, 2.24) is 34.4 Å². The number of halogens is 2. The van der Waals surface area contributed by atoms with Gasteiger partial charge in [-0.2, -0.15) is 9.98 Å².